The topological polar surface area (TPSA) is 7.68 Å². The van der Waals surface area contributed by atoms with Crippen molar-refractivity contribution in [1.29, 1.82) is 0 Å². The van der Waals surface area contributed by atoms with Crippen molar-refractivity contribution >= 4 is 34.1 Å². The third-order valence-corrected chi connectivity index (χ3v) is 4.91. The van der Waals surface area contributed by atoms with Crippen LogP contribution in [0.2, 0.25) is 0 Å². The van der Waals surface area contributed by atoms with E-state index in [4.69, 9.17) is 0 Å². The number of benzene rings is 4. The Hall–Kier alpha value is -3.36. The average Bonchev–Trinajstić information content (AvgIpc) is 2.73. The molecule has 1 N–H and O–H groups in total. The van der Waals surface area contributed by atoms with Crippen LogP contribution in [-0.4, -0.2) is 0 Å². The Morgan fingerprint density at radius 2 is 0.923 bits per heavy atom. The molecular formula is C24H19N2+. The third-order valence-electron chi connectivity index (χ3n) is 4.91. The van der Waals surface area contributed by atoms with Gasteiger partial charge < -0.3 is 0 Å². The van der Waals surface area contributed by atoms with E-state index in [0.29, 0.717) is 0 Å². The smallest absolute Gasteiger partial charge is 0.165 e. The second kappa shape index (κ2) is 6.17. The molecule has 1 heterocycles. The van der Waals surface area contributed by atoms with E-state index in [-0.39, 0.29) is 0 Å². The highest BCUT2D eigenvalue weighted by atomic mass is 15.3. The molecule has 26 heavy (non-hydrogen) atoms. The second-order valence-electron chi connectivity index (χ2n) is 6.45. The number of hydrogen-bond acceptors (Lipinski definition) is 1. The van der Waals surface area contributed by atoms with Crippen LogP contribution in [0.1, 0.15) is 0 Å². The molecule has 0 bridgehead atoms. The van der Waals surface area contributed by atoms with Gasteiger partial charge in [-0.05, 0) is 36.4 Å². The van der Waals surface area contributed by atoms with Crippen molar-refractivity contribution in [3.05, 3.63) is 109 Å². The quantitative estimate of drug-likeness (QED) is 0.438. The number of rotatable bonds is 2. The lowest BCUT2D eigenvalue weighted by atomic mass is 10.0. The molecule has 0 saturated carbocycles. The van der Waals surface area contributed by atoms with E-state index in [0.717, 1.165) is 0 Å². The molecule has 5 rings (SSSR count). The van der Waals surface area contributed by atoms with Crippen LogP contribution in [0.15, 0.2) is 109 Å². The summed E-state index contributed by atoms with van der Waals surface area (Å²) in [6.07, 6.45) is 0. The largest absolute Gasteiger partial charge is 0.300 e. The molecule has 0 amide bonds. The van der Waals surface area contributed by atoms with Crippen LogP contribution in [-0.2, 0) is 0 Å². The summed E-state index contributed by atoms with van der Waals surface area (Å²) in [5.41, 5.74) is 7.40. The molecule has 0 aromatic heterocycles. The number of hydrogen-bond donors (Lipinski definition) is 1. The Bertz CT molecular complexity index is 909. The Balaban J connectivity index is 1.80. The number of quaternary nitrogens is 1. The number of nitrogens with zero attached hydrogens (tertiary/aromatic N) is 1. The van der Waals surface area contributed by atoms with Crippen molar-refractivity contribution in [2.45, 2.75) is 0 Å². The number of para-hydroxylation sites is 6. The standard InChI is InChI=1S/C24H18N2/c1-3-11-19(12-4-1)25-21-15-7-9-17-23(21)26(20-13-5-2-6-14-20)24-18-10-8-16-22(24)25/h1-18H/p+1. The van der Waals surface area contributed by atoms with Gasteiger partial charge in [0.15, 0.2) is 11.4 Å². The van der Waals surface area contributed by atoms with E-state index in [1.165, 1.54) is 39.0 Å². The van der Waals surface area contributed by atoms with Gasteiger partial charge >= 0.3 is 0 Å². The van der Waals surface area contributed by atoms with Crippen LogP contribution in [0.4, 0.5) is 34.1 Å². The van der Waals surface area contributed by atoms with Crippen molar-refractivity contribution in [3.8, 4) is 0 Å². The SMILES string of the molecule is c1ccc(N2c3ccccc3[NH+](c3ccccc3)c3ccccc32)cc1. The van der Waals surface area contributed by atoms with E-state index >= 15 is 0 Å². The predicted molar refractivity (Wildman–Crippen MR) is 108 cm³/mol. The molecule has 0 fully saturated rings. The normalized spacial score (nSPS) is 13.2. The summed E-state index contributed by atoms with van der Waals surface area (Å²) in [5, 5.41) is 0. The van der Waals surface area contributed by atoms with E-state index in [9.17, 15) is 0 Å². The highest BCUT2D eigenvalue weighted by Crippen LogP contribution is 2.44. The van der Waals surface area contributed by atoms with Crippen LogP contribution in [0.25, 0.3) is 0 Å². The van der Waals surface area contributed by atoms with Gasteiger partial charge in [-0.15, -0.1) is 0 Å². The first-order valence-corrected chi connectivity index (χ1v) is 8.90. The Kier molecular flexibility index (Phi) is 3.55. The molecule has 2 nitrogen and oxygen atoms in total. The molecular weight excluding hydrogens is 316 g/mol. The fourth-order valence-corrected chi connectivity index (χ4v) is 3.81. The summed E-state index contributed by atoms with van der Waals surface area (Å²) in [7, 11) is 0. The predicted octanol–water partition coefficient (Wildman–Crippen LogP) is 5.65. The number of nitrogens with one attached hydrogen (secondary N) is 1. The monoisotopic (exact) mass is 335 g/mol. The van der Waals surface area contributed by atoms with Gasteiger partial charge in [-0.2, -0.15) is 0 Å². The summed E-state index contributed by atoms with van der Waals surface area (Å²) >= 11 is 0. The third kappa shape index (κ3) is 2.32. The van der Waals surface area contributed by atoms with Gasteiger partial charge in [0.1, 0.15) is 17.1 Å². The minimum Gasteiger partial charge on any atom is -0.300 e. The molecule has 0 unspecified atom stereocenters. The molecule has 0 saturated heterocycles. The lowest BCUT2D eigenvalue weighted by Gasteiger charge is -2.35. The van der Waals surface area contributed by atoms with E-state index in [1.807, 2.05) is 0 Å². The zero-order chi connectivity index (χ0) is 17.3. The van der Waals surface area contributed by atoms with Gasteiger partial charge in [-0.3, -0.25) is 4.90 Å². The summed E-state index contributed by atoms with van der Waals surface area (Å²) in [6.45, 7) is 0. The molecule has 0 spiro atoms. The first-order valence-electron chi connectivity index (χ1n) is 8.90. The molecule has 1 aliphatic heterocycles. The number of fused-ring (bicyclic) bond motifs is 2. The van der Waals surface area contributed by atoms with Gasteiger partial charge in [0.2, 0.25) is 0 Å². The zero-order valence-electron chi connectivity index (χ0n) is 14.3. The molecule has 0 aliphatic carbocycles. The maximum atomic E-state index is 2.36. The molecule has 124 valence electrons. The van der Waals surface area contributed by atoms with Crippen molar-refractivity contribution in [3.63, 3.8) is 0 Å². The van der Waals surface area contributed by atoms with E-state index < -0.39 is 0 Å². The van der Waals surface area contributed by atoms with Crippen LogP contribution in [0, 0.1) is 0 Å². The maximum absolute atomic E-state index is 2.36. The fourth-order valence-electron chi connectivity index (χ4n) is 3.81. The molecule has 0 radical (unpaired) electrons. The highest BCUT2D eigenvalue weighted by Gasteiger charge is 2.34. The molecule has 4 aromatic rings. The van der Waals surface area contributed by atoms with E-state index in [2.05, 4.69) is 114 Å². The summed E-state index contributed by atoms with van der Waals surface area (Å²) in [5.74, 6) is 0. The summed E-state index contributed by atoms with van der Waals surface area (Å²) < 4.78 is 0. The van der Waals surface area contributed by atoms with Gasteiger partial charge in [-0.1, -0.05) is 60.7 Å². The average molecular weight is 335 g/mol. The van der Waals surface area contributed by atoms with Crippen LogP contribution in [0.3, 0.4) is 0 Å². The summed E-state index contributed by atoms with van der Waals surface area (Å²) in [6, 6.07) is 38.6. The van der Waals surface area contributed by atoms with Crippen LogP contribution in [0.5, 0.6) is 0 Å². The van der Waals surface area contributed by atoms with Crippen LogP contribution < -0.4 is 9.80 Å². The lowest BCUT2D eigenvalue weighted by molar-refractivity contribution is -0.681. The number of anilines is 3. The Morgan fingerprint density at radius 1 is 0.462 bits per heavy atom. The van der Waals surface area contributed by atoms with Gasteiger partial charge in [0.25, 0.3) is 0 Å². The zero-order valence-corrected chi connectivity index (χ0v) is 14.3. The van der Waals surface area contributed by atoms with Gasteiger partial charge in [-0.25, -0.2) is 4.90 Å². The van der Waals surface area contributed by atoms with E-state index in [1.54, 1.807) is 0 Å². The van der Waals surface area contributed by atoms with Gasteiger partial charge in [0.05, 0.1) is 0 Å². The van der Waals surface area contributed by atoms with Crippen molar-refractivity contribution in [2.24, 2.45) is 0 Å². The molecule has 2 heteroatoms. The molecule has 0 atom stereocenters. The highest BCUT2D eigenvalue weighted by molar-refractivity contribution is 5.89. The second-order valence-corrected chi connectivity index (χ2v) is 6.45. The molecule has 1 aliphatic rings. The minimum atomic E-state index is 1.18. The van der Waals surface area contributed by atoms with Crippen molar-refractivity contribution in [1.82, 2.24) is 0 Å². The Labute approximate surface area is 153 Å². The lowest BCUT2D eigenvalue weighted by Crippen LogP contribution is -2.97. The Morgan fingerprint density at radius 3 is 1.50 bits per heavy atom. The first-order chi connectivity index (χ1) is 12.9. The fraction of sp³-hybridized carbons (Fsp3) is 0. The van der Waals surface area contributed by atoms with Crippen molar-refractivity contribution in [2.75, 3.05) is 4.90 Å². The van der Waals surface area contributed by atoms with Crippen molar-refractivity contribution < 1.29 is 4.90 Å². The molecule has 4 aromatic carbocycles. The summed E-state index contributed by atoms with van der Waals surface area (Å²) in [4.78, 5) is 3.65. The first kappa shape index (κ1) is 14.9. The van der Waals surface area contributed by atoms with Gasteiger partial charge in [0, 0.05) is 17.8 Å². The minimum absolute atomic E-state index is 1.18. The van der Waals surface area contributed by atoms with Crippen LogP contribution >= 0.6 is 0 Å². The maximum Gasteiger partial charge on any atom is 0.165 e.